The fourth-order valence-corrected chi connectivity index (χ4v) is 2.64. The van der Waals surface area contributed by atoms with E-state index in [4.69, 9.17) is 9.47 Å². The highest BCUT2D eigenvalue weighted by Crippen LogP contribution is 2.27. The lowest BCUT2D eigenvalue weighted by Gasteiger charge is -2.35. The van der Waals surface area contributed by atoms with Gasteiger partial charge >= 0.3 is 5.69 Å². The van der Waals surface area contributed by atoms with Crippen LogP contribution in [0, 0.1) is 17.0 Å². The molecule has 1 fully saturated rings. The van der Waals surface area contributed by atoms with Gasteiger partial charge in [-0.2, -0.15) is 0 Å². The molecule has 0 amide bonds. The maximum absolute atomic E-state index is 11.0. The Morgan fingerprint density at radius 1 is 1.38 bits per heavy atom. The summed E-state index contributed by atoms with van der Waals surface area (Å²) in [6, 6.07) is 5.02. The minimum Gasteiger partial charge on any atom is -0.485 e. The smallest absolute Gasteiger partial charge is 0.311 e. The molecule has 1 aromatic carbocycles. The topological polar surface area (TPSA) is 64.8 Å². The lowest BCUT2D eigenvalue weighted by Crippen LogP contribution is -2.46. The van der Waals surface area contributed by atoms with Gasteiger partial charge in [0.15, 0.2) is 5.75 Å². The van der Waals surface area contributed by atoms with Crippen LogP contribution in [0.15, 0.2) is 18.2 Å². The number of nitro benzene ring substituents is 1. The van der Waals surface area contributed by atoms with Crippen molar-refractivity contribution in [2.45, 2.75) is 33.0 Å². The molecule has 1 aromatic rings. The molecule has 0 saturated carbocycles. The minimum atomic E-state index is -0.402. The Labute approximate surface area is 124 Å². The van der Waals surface area contributed by atoms with Gasteiger partial charge in [0.25, 0.3) is 0 Å². The first-order chi connectivity index (χ1) is 9.95. The Morgan fingerprint density at radius 2 is 2.05 bits per heavy atom. The molecule has 0 aromatic heterocycles. The van der Waals surface area contributed by atoms with Crippen LogP contribution in [0.4, 0.5) is 5.69 Å². The molecule has 0 aliphatic carbocycles. The Balaban J connectivity index is 1.90. The third-order valence-electron chi connectivity index (χ3n) is 3.47. The lowest BCUT2D eigenvalue weighted by atomic mass is 10.2. The summed E-state index contributed by atoms with van der Waals surface area (Å²) in [5.74, 6) is 0.333. The van der Waals surface area contributed by atoms with E-state index in [1.807, 2.05) is 26.8 Å². The number of benzene rings is 1. The monoisotopic (exact) mass is 294 g/mol. The summed E-state index contributed by atoms with van der Waals surface area (Å²) in [4.78, 5) is 12.9. The van der Waals surface area contributed by atoms with Crippen LogP contribution in [-0.4, -0.2) is 48.3 Å². The van der Waals surface area contributed by atoms with Gasteiger partial charge in [-0.25, -0.2) is 0 Å². The van der Waals surface area contributed by atoms with Crippen molar-refractivity contribution in [1.82, 2.24) is 4.90 Å². The number of nitro groups is 1. The van der Waals surface area contributed by atoms with Crippen LogP contribution < -0.4 is 4.74 Å². The molecule has 0 N–H and O–H groups in total. The Kier molecular flexibility index (Phi) is 5.14. The first-order valence-electron chi connectivity index (χ1n) is 7.21. The first kappa shape index (κ1) is 15.7. The number of nitrogens with zero attached hydrogens (tertiary/aromatic N) is 2. The van der Waals surface area contributed by atoms with E-state index in [-0.39, 0.29) is 17.9 Å². The van der Waals surface area contributed by atoms with Crippen molar-refractivity contribution < 1.29 is 14.4 Å². The molecule has 0 radical (unpaired) electrons. The zero-order valence-corrected chi connectivity index (χ0v) is 12.7. The molecule has 0 bridgehead atoms. The van der Waals surface area contributed by atoms with E-state index < -0.39 is 4.92 Å². The lowest BCUT2D eigenvalue weighted by molar-refractivity contribution is -0.385. The fourth-order valence-electron chi connectivity index (χ4n) is 2.64. The quantitative estimate of drug-likeness (QED) is 0.616. The van der Waals surface area contributed by atoms with Crippen LogP contribution in [0.1, 0.15) is 19.4 Å². The standard InChI is InChI=1S/C15H22N2O4/c1-11-4-5-15(14(8-11)17(18)19)20-7-6-16-9-12(2)21-13(3)10-16/h4-5,8,12-13H,6-7,9-10H2,1-3H3/t12-,13-/m1/s1. The third-order valence-corrected chi connectivity index (χ3v) is 3.47. The second kappa shape index (κ2) is 6.87. The molecule has 6 nitrogen and oxygen atoms in total. The molecular formula is C15H22N2O4. The summed E-state index contributed by atoms with van der Waals surface area (Å²) < 4.78 is 11.3. The molecule has 1 aliphatic rings. The second-order valence-corrected chi connectivity index (χ2v) is 5.59. The van der Waals surface area contributed by atoms with Crippen LogP contribution in [0.3, 0.4) is 0 Å². The maximum atomic E-state index is 11.0. The molecule has 2 rings (SSSR count). The van der Waals surface area contributed by atoms with Crippen LogP contribution >= 0.6 is 0 Å². The van der Waals surface area contributed by atoms with E-state index >= 15 is 0 Å². The summed E-state index contributed by atoms with van der Waals surface area (Å²) in [7, 11) is 0. The molecule has 1 aliphatic heterocycles. The first-order valence-corrected chi connectivity index (χ1v) is 7.21. The highest BCUT2D eigenvalue weighted by Gasteiger charge is 2.22. The SMILES string of the molecule is Cc1ccc(OCCN2C[C@@H](C)O[C@H](C)C2)c([N+](=O)[O-])c1. The van der Waals surface area contributed by atoms with E-state index in [0.29, 0.717) is 12.4 Å². The molecule has 116 valence electrons. The Morgan fingerprint density at radius 3 is 2.67 bits per heavy atom. The van der Waals surface area contributed by atoms with Crippen molar-refractivity contribution in [2.24, 2.45) is 0 Å². The van der Waals surface area contributed by atoms with Gasteiger partial charge in [0.1, 0.15) is 6.61 Å². The maximum Gasteiger partial charge on any atom is 0.311 e. The molecule has 1 saturated heterocycles. The van der Waals surface area contributed by atoms with Gasteiger partial charge in [0, 0.05) is 25.7 Å². The number of aryl methyl sites for hydroxylation is 1. The van der Waals surface area contributed by atoms with Gasteiger partial charge < -0.3 is 9.47 Å². The van der Waals surface area contributed by atoms with Crippen LogP contribution in [0.2, 0.25) is 0 Å². The number of ether oxygens (including phenoxy) is 2. The zero-order chi connectivity index (χ0) is 15.4. The zero-order valence-electron chi connectivity index (χ0n) is 12.7. The molecule has 21 heavy (non-hydrogen) atoms. The second-order valence-electron chi connectivity index (χ2n) is 5.59. The summed E-state index contributed by atoms with van der Waals surface area (Å²) in [5.41, 5.74) is 0.878. The molecular weight excluding hydrogens is 272 g/mol. The average molecular weight is 294 g/mol. The highest BCUT2D eigenvalue weighted by molar-refractivity contribution is 5.48. The normalized spacial score (nSPS) is 23.0. The van der Waals surface area contributed by atoms with Gasteiger partial charge in [-0.05, 0) is 32.4 Å². The minimum absolute atomic E-state index is 0.0266. The van der Waals surface area contributed by atoms with Gasteiger partial charge in [-0.1, -0.05) is 6.07 Å². The summed E-state index contributed by atoms with van der Waals surface area (Å²) in [5, 5.41) is 11.0. The predicted molar refractivity (Wildman–Crippen MR) is 79.8 cm³/mol. The van der Waals surface area contributed by atoms with E-state index in [1.165, 1.54) is 6.07 Å². The number of hydrogen-bond acceptors (Lipinski definition) is 5. The summed E-state index contributed by atoms with van der Waals surface area (Å²) in [6.07, 6.45) is 0.421. The molecule has 2 atom stereocenters. The molecule has 0 spiro atoms. The number of rotatable bonds is 5. The van der Waals surface area contributed by atoms with Gasteiger partial charge in [0.2, 0.25) is 0 Å². The van der Waals surface area contributed by atoms with Gasteiger partial charge in [-0.15, -0.1) is 0 Å². The van der Waals surface area contributed by atoms with Crippen LogP contribution in [0.25, 0.3) is 0 Å². The largest absolute Gasteiger partial charge is 0.485 e. The van der Waals surface area contributed by atoms with Crippen molar-refractivity contribution >= 4 is 5.69 Å². The van der Waals surface area contributed by atoms with Gasteiger partial charge in [-0.3, -0.25) is 15.0 Å². The number of hydrogen-bond donors (Lipinski definition) is 0. The molecule has 0 unspecified atom stereocenters. The number of morpholine rings is 1. The Hall–Kier alpha value is -1.66. The predicted octanol–water partition coefficient (Wildman–Crippen LogP) is 2.39. The summed E-state index contributed by atoms with van der Waals surface area (Å²) >= 11 is 0. The third kappa shape index (κ3) is 4.41. The highest BCUT2D eigenvalue weighted by atomic mass is 16.6. The van der Waals surface area contributed by atoms with Crippen LogP contribution in [0.5, 0.6) is 5.75 Å². The van der Waals surface area contributed by atoms with Crippen molar-refractivity contribution in [3.8, 4) is 5.75 Å². The van der Waals surface area contributed by atoms with Gasteiger partial charge in [0.05, 0.1) is 17.1 Å². The van der Waals surface area contributed by atoms with E-state index in [9.17, 15) is 10.1 Å². The van der Waals surface area contributed by atoms with Crippen molar-refractivity contribution in [2.75, 3.05) is 26.2 Å². The van der Waals surface area contributed by atoms with E-state index in [1.54, 1.807) is 6.07 Å². The van der Waals surface area contributed by atoms with Crippen LogP contribution in [-0.2, 0) is 4.74 Å². The molecule has 6 heteroatoms. The van der Waals surface area contributed by atoms with Crippen molar-refractivity contribution in [3.63, 3.8) is 0 Å². The summed E-state index contributed by atoms with van der Waals surface area (Å²) in [6.45, 7) is 8.83. The Bertz CT molecular complexity index is 496. The van der Waals surface area contributed by atoms with Crippen molar-refractivity contribution in [3.05, 3.63) is 33.9 Å². The fraction of sp³-hybridized carbons (Fsp3) is 0.600. The van der Waals surface area contributed by atoms with E-state index in [0.717, 1.165) is 25.2 Å². The van der Waals surface area contributed by atoms with Crippen molar-refractivity contribution in [1.29, 1.82) is 0 Å². The van der Waals surface area contributed by atoms with E-state index in [2.05, 4.69) is 4.90 Å². The average Bonchev–Trinajstić information content (AvgIpc) is 2.39. The molecule has 1 heterocycles.